The van der Waals surface area contributed by atoms with Crippen LogP contribution in [0.5, 0.6) is 0 Å². The highest BCUT2D eigenvalue weighted by molar-refractivity contribution is 5.76. The first-order valence-corrected chi connectivity index (χ1v) is 32.0. The van der Waals surface area contributed by atoms with Crippen molar-refractivity contribution in [1.82, 2.24) is 5.32 Å². The number of hydrogen-bond acceptors (Lipinski definition) is 5. The van der Waals surface area contributed by atoms with Gasteiger partial charge in [0.05, 0.1) is 25.4 Å². The third kappa shape index (κ3) is 55.9. The first kappa shape index (κ1) is 68.6. The Hall–Kier alpha value is -1.40. The zero-order valence-electron chi connectivity index (χ0n) is 47.5. The molecule has 0 aromatic rings. The molecule has 0 heterocycles. The molecule has 0 rings (SSSR count). The topological polar surface area (TPSA) is 95.9 Å². The summed E-state index contributed by atoms with van der Waals surface area (Å²) in [4.78, 5) is 24.5. The number of aliphatic hydroxyl groups excluding tert-OH is 2. The van der Waals surface area contributed by atoms with E-state index in [-0.39, 0.29) is 18.5 Å². The van der Waals surface area contributed by atoms with Crippen LogP contribution in [0.3, 0.4) is 0 Å². The average Bonchev–Trinajstić information content (AvgIpc) is 3.36. The minimum absolute atomic E-state index is 0.0185. The van der Waals surface area contributed by atoms with Gasteiger partial charge in [-0.1, -0.05) is 328 Å². The molecule has 0 aromatic heterocycles. The Balaban J connectivity index is 3.36. The van der Waals surface area contributed by atoms with Crippen LogP contribution in [0.2, 0.25) is 0 Å². The minimum atomic E-state index is -0.842. The van der Waals surface area contributed by atoms with Crippen LogP contribution in [0.15, 0.2) is 12.2 Å². The van der Waals surface area contributed by atoms with Gasteiger partial charge in [-0.15, -0.1) is 0 Å². The van der Waals surface area contributed by atoms with Crippen molar-refractivity contribution >= 4 is 11.9 Å². The van der Waals surface area contributed by atoms with Crippen LogP contribution in [0.25, 0.3) is 0 Å². The number of unbranched alkanes of at least 4 members (excludes halogenated alkanes) is 49. The molecule has 0 saturated carbocycles. The standard InChI is InChI=1S/C64H125NO5/c1-3-5-7-9-11-13-15-17-29-34-38-42-46-50-54-58-64(69)70-59-55-51-47-43-39-35-31-28-26-24-22-20-19-21-23-25-27-30-33-37-41-45-49-53-57-63(68)65-61(60-66)62(67)56-52-48-44-40-36-32-18-16-14-12-10-8-6-4-2/h52,56,61-62,66-67H,3-51,53-55,57-60H2,1-2H3,(H,65,68)/b56-52+. The van der Waals surface area contributed by atoms with Crippen LogP contribution < -0.4 is 5.32 Å². The van der Waals surface area contributed by atoms with Crippen LogP contribution in [-0.2, 0) is 14.3 Å². The smallest absolute Gasteiger partial charge is 0.305 e. The van der Waals surface area contributed by atoms with Gasteiger partial charge in [-0.25, -0.2) is 0 Å². The first-order chi connectivity index (χ1) is 34.5. The van der Waals surface area contributed by atoms with Crippen molar-refractivity contribution < 1.29 is 24.5 Å². The third-order valence-electron chi connectivity index (χ3n) is 15.1. The van der Waals surface area contributed by atoms with Crippen molar-refractivity contribution in [2.75, 3.05) is 13.2 Å². The number of aliphatic hydroxyl groups is 2. The van der Waals surface area contributed by atoms with E-state index in [1.54, 1.807) is 6.08 Å². The summed E-state index contributed by atoms with van der Waals surface area (Å²) < 4.78 is 5.49. The molecule has 1 amide bonds. The Morgan fingerprint density at radius 2 is 0.657 bits per heavy atom. The second kappa shape index (κ2) is 60.2. The highest BCUT2D eigenvalue weighted by Gasteiger charge is 2.18. The SMILES string of the molecule is CCCCCCCCCCCCCC/C=C/C(O)C(CO)NC(=O)CCCCCCCCCCCCCCCCCCCCCCCCCCOC(=O)CCCCCCCCCCCCCCCCC. The Kier molecular flexibility index (Phi) is 59.0. The molecule has 0 fully saturated rings. The lowest BCUT2D eigenvalue weighted by Gasteiger charge is -2.20. The molecule has 0 aliphatic carbocycles. The summed E-state index contributed by atoms with van der Waals surface area (Å²) in [6.45, 7) is 4.93. The number of esters is 1. The molecule has 6 heteroatoms. The minimum Gasteiger partial charge on any atom is -0.466 e. The molecule has 0 radical (unpaired) electrons. The number of ether oxygens (including phenoxy) is 1. The van der Waals surface area contributed by atoms with Gasteiger partial charge in [0, 0.05) is 12.8 Å². The van der Waals surface area contributed by atoms with E-state index in [1.165, 1.54) is 295 Å². The maximum atomic E-state index is 12.5. The van der Waals surface area contributed by atoms with E-state index in [0.717, 1.165) is 38.5 Å². The van der Waals surface area contributed by atoms with E-state index in [2.05, 4.69) is 19.2 Å². The molecule has 0 spiro atoms. The van der Waals surface area contributed by atoms with E-state index in [0.29, 0.717) is 19.4 Å². The largest absolute Gasteiger partial charge is 0.466 e. The van der Waals surface area contributed by atoms with Gasteiger partial charge in [0.2, 0.25) is 5.91 Å². The van der Waals surface area contributed by atoms with Gasteiger partial charge in [0.1, 0.15) is 0 Å². The van der Waals surface area contributed by atoms with E-state index in [1.807, 2.05) is 6.08 Å². The maximum absolute atomic E-state index is 12.5. The van der Waals surface area contributed by atoms with E-state index < -0.39 is 12.1 Å². The Bertz CT molecular complexity index is 1050. The fraction of sp³-hybridized carbons (Fsp3) is 0.938. The molecule has 70 heavy (non-hydrogen) atoms. The van der Waals surface area contributed by atoms with Gasteiger partial charge in [0.15, 0.2) is 0 Å². The van der Waals surface area contributed by atoms with Crippen molar-refractivity contribution in [3.8, 4) is 0 Å². The number of rotatable bonds is 60. The van der Waals surface area contributed by atoms with Gasteiger partial charge in [-0.05, 0) is 32.1 Å². The Labute approximate surface area is 438 Å². The van der Waals surface area contributed by atoms with Crippen molar-refractivity contribution in [3.63, 3.8) is 0 Å². The summed E-state index contributed by atoms with van der Waals surface area (Å²) in [6.07, 6.45) is 72.6. The summed E-state index contributed by atoms with van der Waals surface area (Å²) in [5.74, 6) is -0.0462. The lowest BCUT2D eigenvalue weighted by atomic mass is 10.0. The Morgan fingerprint density at radius 3 is 0.971 bits per heavy atom. The van der Waals surface area contributed by atoms with Gasteiger partial charge in [0.25, 0.3) is 0 Å². The van der Waals surface area contributed by atoms with E-state index in [9.17, 15) is 19.8 Å². The molecule has 0 bridgehead atoms. The van der Waals surface area contributed by atoms with Crippen molar-refractivity contribution in [2.24, 2.45) is 0 Å². The highest BCUT2D eigenvalue weighted by atomic mass is 16.5. The second-order valence-corrected chi connectivity index (χ2v) is 22.1. The van der Waals surface area contributed by atoms with Crippen LogP contribution >= 0.6 is 0 Å². The predicted octanol–water partition coefficient (Wildman–Crippen LogP) is 20.0. The summed E-state index contributed by atoms with van der Waals surface area (Å²) in [5.41, 5.74) is 0. The summed E-state index contributed by atoms with van der Waals surface area (Å²) in [5, 5.41) is 23.1. The lowest BCUT2D eigenvalue weighted by molar-refractivity contribution is -0.143. The fourth-order valence-electron chi connectivity index (χ4n) is 10.2. The molecule has 0 aliphatic heterocycles. The average molecular weight is 989 g/mol. The van der Waals surface area contributed by atoms with Crippen molar-refractivity contribution in [1.29, 1.82) is 0 Å². The van der Waals surface area contributed by atoms with Gasteiger partial charge in [-0.2, -0.15) is 0 Å². The zero-order valence-corrected chi connectivity index (χ0v) is 47.5. The monoisotopic (exact) mass is 988 g/mol. The molecular formula is C64H125NO5. The molecule has 0 saturated heterocycles. The van der Waals surface area contributed by atoms with E-state index >= 15 is 0 Å². The molecular weight excluding hydrogens is 863 g/mol. The molecule has 3 N–H and O–H groups in total. The summed E-state index contributed by atoms with van der Waals surface area (Å²) in [7, 11) is 0. The maximum Gasteiger partial charge on any atom is 0.305 e. The normalized spacial score (nSPS) is 12.6. The number of amides is 1. The number of carbonyl (C=O) groups excluding carboxylic acids is 2. The number of hydrogen-bond donors (Lipinski definition) is 3. The summed E-state index contributed by atoms with van der Waals surface area (Å²) in [6, 6.07) is -0.625. The number of carbonyl (C=O) groups is 2. The predicted molar refractivity (Wildman–Crippen MR) is 306 cm³/mol. The lowest BCUT2D eigenvalue weighted by Crippen LogP contribution is -2.45. The second-order valence-electron chi connectivity index (χ2n) is 22.1. The zero-order chi connectivity index (χ0) is 50.7. The van der Waals surface area contributed by atoms with E-state index in [4.69, 9.17) is 4.74 Å². The molecule has 0 aromatic carbocycles. The number of allylic oxidation sites excluding steroid dienone is 1. The molecule has 6 nitrogen and oxygen atoms in total. The summed E-state index contributed by atoms with van der Waals surface area (Å²) >= 11 is 0. The van der Waals surface area contributed by atoms with Crippen LogP contribution in [-0.4, -0.2) is 47.4 Å². The van der Waals surface area contributed by atoms with Crippen molar-refractivity contribution in [3.05, 3.63) is 12.2 Å². The van der Waals surface area contributed by atoms with Gasteiger partial charge >= 0.3 is 5.97 Å². The number of nitrogens with one attached hydrogen (secondary N) is 1. The van der Waals surface area contributed by atoms with Crippen LogP contribution in [0.4, 0.5) is 0 Å². The fourth-order valence-corrected chi connectivity index (χ4v) is 10.2. The Morgan fingerprint density at radius 1 is 0.386 bits per heavy atom. The molecule has 416 valence electrons. The quantitative estimate of drug-likeness (QED) is 0.0321. The van der Waals surface area contributed by atoms with Crippen LogP contribution in [0, 0.1) is 0 Å². The molecule has 2 unspecified atom stereocenters. The molecule has 0 aliphatic rings. The van der Waals surface area contributed by atoms with Crippen LogP contribution in [0.1, 0.15) is 361 Å². The van der Waals surface area contributed by atoms with Crippen molar-refractivity contribution in [2.45, 2.75) is 373 Å². The first-order valence-electron chi connectivity index (χ1n) is 32.0. The van der Waals surface area contributed by atoms with Gasteiger partial charge in [-0.3, -0.25) is 9.59 Å². The third-order valence-corrected chi connectivity index (χ3v) is 15.1. The van der Waals surface area contributed by atoms with Gasteiger partial charge < -0.3 is 20.3 Å². The molecule has 2 atom stereocenters. The highest BCUT2D eigenvalue weighted by Crippen LogP contribution is 2.18.